The third-order valence-electron chi connectivity index (χ3n) is 2.35. The van der Waals surface area contributed by atoms with Crippen molar-refractivity contribution >= 4 is 23.2 Å². The van der Waals surface area contributed by atoms with Crippen LogP contribution in [0.1, 0.15) is 11.1 Å². The van der Waals surface area contributed by atoms with Crippen LogP contribution in [-0.2, 0) is 12.5 Å². The average molecular weight is 268 g/mol. The molecule has 2 nitrogen and oxygen atoms in total. The zero-order valence-corrected chi connectivity index (χ0v) is 10.6. The number of hydrogen-bond donors (Lipinski definition) is 0. The molecule has 0 aliphatic heterocycles. The van der Waals surface area contributed by atoms with Crippen molar-refractivity contribution in [2.24, 2.45) is 0 Å². The normalized spacial score (nSPS) is 10.2. The maximum absolute atomic E-state index is 6.04. The van der Waals surface area contributed by atoms with Crippen LogP contribution < -0.4 is 4.74 Å². The predicted molar refractivity (Wildman–Crippen MR) is 69.6 cm³/mol. The summed E-state index contributed by atoms with van der Waals surface area (Å²) in [4.78, 5) is 3.95. The molecule has 0 fully saturated rings. The Morgan fingerprint density at radius 2 is 1.88 bits per heavy atom. The van der Waals surface area contributed by atoms with Gasteiger partial charge in [-0.3, -0.25) is 4.98 Å². The first-order valence-electron chi connectivity index (χ1n) is 5.16. The Balaban J connectivity index is 2.12. The second-order valence-electron chi connectivity index (χ2n) is 3.49. The van der Waals surface area contributed by atoms with E-state index in [1.807, 2.05) is 24.3 Å². The summed E-state index contributed by atoms with van der Waals surface area (Å²) < 4.78 is 5.70. The fraction of sp³-hybridized carbons (Fsp3) is 0.154. The second kappa shape index (κ2) is 5.89. The molecule has 1 heterocycles. The molecule has 17 heavy (non-hydrogen) atoms. The molecule has 0 atom stereocenters. The molecule has 0 amide bonds. The van der Waals surface area contributed by atoms with E-state index in [4.69, 9.17) is 27.9 Å². The summed E-state index contributed by atoms with van der Waals surface area (Å²) in [5, 5.41) is 0.632. The van der Waals surface area contributed by atoms with Crippen molar-refractivity contribution in [1.29, 1.82) is 0 Å². The highest BCUT2D eigenvalue weighted by Gasteiger charge is 2.06. The van der Waals surface area contributed by atoms with Gasteiger partial charge in [-0.15, -0.1) is 11.6 Å². The van der Waals surface area contributed by atoms with Crippen LogP contribution in [0.3, 0.4) is 0 Å². The number of halogens is 2. The predicted octanol–water partition coefficient (Wildman–Crippen LogP) is 4.05. The minimum Gasteiger partial charge on any atom is -0.489 e. The highest BCUT2D eigenvalue weighted by Crippen LogP contribution is 2.28. The molecular formula is C13H11Cl2NO. The Hall–Kier alpha value is -1.25. The molecule has 0 saturated heterocycles. The highest BCUT2D eigenvalue weighted by atomic mass is 35.5. The summed E-state index contributed by atoms with van der Waals surface area (Å²) in [6.07, 6.45) is 3.47. The number of hydrogen-bond acceptors (Lipinski definition) is 2. The largest absolute Gasteiger partial charge is 0.489 e. The summed E-state index contributed by atoms with van der Waals surface area (Å²) in [5.74, 6) is 1.06. The van der Waals surface area contributed by atoms with Crippen molar-refractivity contribution < 1.29 is 4.74 Å². The van der Waals surface area contributed by atoms with Gasteiger partial charge in [0.25, 0.3) is 0 Å². The second-order valence-corrected chi connectivity index (χ2v) is 4.17. The number of aromatic nitrogens is 1. The van der Waals surface area contributed by atoms with Crippen LogP contribution in [0.4, 0.5) is 0 Å². The van der Waals surface area contributed by atoms with Gasteiger partial charge in [0.1, 0.15) is 12.4 Å². The molecule has 1 aromatic carbocycles. The molecule has 0 aliphatic rings. The molecule has 0 spiro atoms. The molecule has 2 rings (SSSR count). The van der Waals surface area contributed by atoms with Crippen LogP contribution in [0.2, 0.25) is 5.02 Å². The quantitative estimate of drug-likeness (QED) is 0.780. The van der Waals surface area contributed by atoms with Gasteiger partial charge >= 0.3 is 0 Å². The van der Waals surface area contributed by atoms with Crippen LogP contribution in [0.15, 0.2) is 42.7 Å². The summed E-state index contributed by atoms with van der Waals surface area (Å²) in [6, 6.07) is 9.33. The molecular weight excluding hydrogens is 257 g/mol. The average Bonchev–Trinajstić information content (AvgIpc) is 2.37. The number of pyridine rings is 1. The lowest BCUT2D eigenvalue weighted by Crippen LogP contribution is -1.98. The maximum atomic E-state index is 6.04. The number of alkyl halides is 1. The van der Waals surface area contributed by atoms with Gasteiger partial charge in [0.05, 0.1) is 5.88 Å². The van der Waals surface area contributed by atoms with E-state index in [0.29, 0.717) is 17.5 Å². The zero-order chi connectivity index (χ0) is 12.1. The van der Waals surface area contributed by atoms with Crippen LogP contribution in [0.5, 0.6) is 5.75 Å². The van der Waals surface area contributed by atoms with E-state index < -0.39 is 0 Å². The van der Waals surface area contributed by atoms with Crippen molar-refractivity contribution in [2.45, 2.75) is 12.5 Å². The summed E-state index contributed by atoms with van der Waals surface area (Å²) in [6.45, 7) is 0.479. The van der Waals surface area contributed by atoms with Crippen molar-refractivity contribution in [3.8, 4) is 5.75 Å². The fourth-order valence-corrected chi connectivity index (χ4v) is 2.02. The van der Waals surface area contributed by atoms with Gasteiger partial charge in [-0.25, -0.2) is 0 Å². The Morgan fingerprint density at radius 1 is 1.12 bits per heavy atom. The summed E-state index contributed by atoms with van der Waals surface area (Å²) in [7, 11) is 0. The molecule has 0 radical (unpaired) electrons. The van der Waals surface area contributed by atoms with Gasteiger partial charge in [0, 0.05) is 23.0 Å². The Bertz CT molecular complexity index is 488. The monoisotopic (exact) mass is 267 g/mol. The minimum absolute atomic E-state index is 0.339. The van der Waals surface area contributed by atoms with Crippen molar-refractivity contribution in [3.05, 3.63) is 58.9 Å². The molecule has 4 heteroatoms. The Labute approximate surface area is 110 Å². The van der Waals surface area contributed by atoms with E-state index in [1.165, 1.54) is 0 Å². The van der Waals surface area contributed by atoms with Gasteiger partial charge in [-0.2, -0.15) is 0 Å². The van der Waals surface area contributed by atoms with E-state index >= 15 is 0 Å². The zero-order valence-electron chi connectivity index (χ0n) is 9.07. The van der Waals surface area contributed by atoms with Gasteiger partial charge in [-0.05, 0) is 29.8 Å². The lowest BCUT2D eigenvalue weighted by molar-refractivity contribution is 0.303. The lowest BCUT2D eigenvalue weighted by Gasteiger charge is -2.10. The van der Waals surface area contributed by atoms with Crippen LogP contribution in [0, 0.1) is 0 Å². The number of benzene rings is 1. The molecule has 88 valence electrons. The summed E-state index contributed by atoms with van der Waals surface area (Å²) in [5.41, 5.74) is 1.88. The maximum Gasteiger partial charge on any atom is 0.125 e. The van der Waals surface area contributed by atoms with Crippen LogP contribution in [0.25, 0.3) is 0 Å². The molecule has 2 aromatic rings. The Morgan fingerprint density at radius 3 is 2.59 bits per heavy atom. The number of ether oxygens (including phenoxy) is 1. The van der Waals surface area contributed by atoms with E-state index in [1.54, 1.807) is 18.5 Å². The van der Waals surface area contributed by atoms with Gasteiger partial charge in [0.15, 0.2) is 0 Å². The summed E-state index contributed by atoms with van der Waals surface area (Å²) >= 11 is 11.9. The molecule has 0 bridgehead atoms. The fourth-order valence-electron chi connectivity index (χ4n) is 1.44. The standard InChI is InChI=1S/C13H11Cl2NO/c14-8-11-12(15)2-1-3-13(11)17-9-10-4-6-16-7-5-10/h1-7H,8-9H2. The lowest BCUT2D eigenvalue weighted by atomic mass is 10.2. The topological polar surface area (TPSA) is 22.1 Å². The first kappa shape index (κ1) is 12.2. The minimum atomic E-state index is 0.339. The van der Waals surface area contributed by atoms with Crippen molar-refractivity contribution in [2.75, 3.05) is 0 Å². The van der Waals surface area contributed by atoms with E-state index in [-0.39, 0.29) is 0 Å². The van der Waals surface area contributed by atoms with Gasteiger partial charge in [0.2, 0.25) is 0 Å². The third-order valence-corrected chi connectivity index (χ3v) is 2.97. The van der Waals surface area contributed by atoms with Crippen molar-refractivity contribution in [1.82, 2.24) is 4.98 Å². The first-order chi connectivity index (χ1) is 8.31. The van der Waals surface area contributed by atoms with E-state index in [2.05, 4.69) is 4.98 Å². The first-order valence-corrected chi connectivity index (χ1v) is 6.07. The smallest absolute Gasteiger partial charge is 0.125 e. The van der Waals surface area contributed by atoms with Crippen molar-refractivity contribution in [3.63, 3.8) is 0 Å². The molecule has 0 unspecified atom stereocenters. The van der Waals surface area contributed by atoms with Gasteiger partial charge < -0.3 is 4.74 Å². The molecule has 0 N–H and O–H groups in total. The van der Waals surface area contributed by atoms with Gasteiger partial charge in [-0.1, -0.05) is 17.7 Å². The van der Waals surface area contributed by atoms with Crippen LogP contribution >= 0.6 is 23.2 Å². The van der Waals surface area contributed by atoms with Crippen LogP contribution in [-0.4, -0.2) is 4.98 Å². The molecule has 1 aromatic heterocycles. The number of rotatable bonds is 4. The Kier molecular flexibility index (Phi) is 4.24. The number of nitrogens with zero attached hydrogens (tertiary/aromatic N) is 1. The third kappa shape index (κ3) is 3.11. The highest BCUT2D eigenvalue weighted by molar-refractivity contribution is 6.32. The molecule has 0 aliphatic carbocycles. The molecule has 0 saturated carbocycles. The van der Waals surface area contributed by atoms with E-state index in [9.17, 15) is 0 Å². The van der Waals surface area contributed by atoms with E-state index in [0.717, 1.165) is 16.9 Å². The SMILES string of the molecule is ClCc1c(Cl)cccc1OCc1ccncc1.